The number of rotatable bonds is 11. The molecule has 5 nitrogen and oxygen atoms in total. The third-order valence-electron chi connectivity index (χ3n) is 4.47. The van der Waals surface area contributed by atoms with Gasteiger partial charge < -0.3 is 14.8 Å². The van der Waals surface area contributed by atoms with E-state index < -0.39 is 5.91 Å². The minimum Gasteiger partial charge on any atom is -0.493 e. The Kier molecular flexibility index (Phi) is 9.76. The van der Waals surface area contributed by atoms with Crippen LogP contribution in [-0.4, -0.2) is 19.6 Å². The minimum atomic E-state index is -0.451. The highest BCUT2D eigenvalue weighted by atomic mass is 35.5. The summed E-state index contributed by atoms with van der Waals surface area (Å²) in [5, 5.41) is 12.5. The maximum atomic E-state index is 12.4. The molecule has 0 heterocycles. The quantitative estimate of drug-likeness (QED) is 0.291. The van der Waals surface area contributed by atoms with Gasteiger partial charge in [0.05, 0.1) is 18.7 Å². The number of benzene rings is 2. The highest BCUT2D eigenvalue weighted by Gasteiger charge is 2.14. The van der Waals surface area contributed by atoms with Crippen molar-refractivity contribution in [1.82, 2.24) is 5.32 Å². The number of nitrogens with one attached hydrogen (secondary N) is 1. The summed E-state index contributed by atoms with van der Waals surface area (Å²) in [4.78, 5) is 12.4. The molecular formula is C24H27ClN2O3. The zero-order valence-electron chi connectivity index (χ0n) is 17.4. The fourth-order valence-corrected chi connectivity index (χ4v) is 3.13. The summed E-state index contributed by atoms with van der Waals surface area (Å²) in [6, 6.07) is 14.8. The van der Waals surface area contributed by atoms with Crippen molar-refractivity contribution in [2.75, 3.05) is 13.7 Å². The maximum absolute atomic E-state index is 12.4. The molecule has 30 heavy (non-hydrogen) atoms. The van der Waals surface area contributed by atoms with Gasteiger partial charge in [0.2, 0.25) is 0 Å². The van der Waals surface area contributed by atoms with E-state index in [0.29, 0.717) is 35.2 Å². The molecule has 0 bridgehead atoms. The second-order valence-corrected chi connectivity index (χ2v) is 7.19. The molecule has 1 amide bonds. The first-order valence-corrected chi connectivity index (χ1v) is 10.4. The largest absolute Gasteiger partial charge is 0.493 e. The molecule has 0 fully saturated rings. The number of nitriles is 1. The van der Waals surface area contributed by atoms with Gasteiger partial charge in [0.1, 0.15) is 11.6 Å². The predicted octanol–water partition coefficient (Wildman–Crippen LogP) is 5.53. The Morgan fingerprint density at radius 2 is 1.97 bits per heavy atom. The lowest BCUT2D eigenvalue weighted by atomic mass is 10.1. The summed E-state index contributed by atoms with van der Waals surface area (Å²) < 4.78 is 11.2. The van der Waals surface area contributed by atoms with Crippen LogP contribution < -0.4 is 14.8 Å². The van der Waals surface area contributed by atoms with Gasteiger partial charge in [-0.05, 0) is 35.8 Å². The number of hydrogen-bond donors (Lipinski definition) is 1. The summed E-state index contributed by atoms with van der Waals surface area (Å²) in [6.45, 7) is 3.05. The molecule has 6 heteroatoms. The number of amides is 1. The van der Waals surface area contributed by atoms with Crippen LogP contribution in [0.5, 0.6) is 11.5 Å². The number of carbonyl (C=O) groups excluding carboxylic acids is 1. The first kappa shape index (κ1) is 23.3. The lowest BCUT2D eigenvalue weighted by Crippen LogP contribution is -2.23. The molecule has 1 N–H and O–H groups in total. The van der Waals surface area contributed by atoms with Gasteiger partial charge in [-0.25, -0.2) is 0 Å². The van der Waals surface area contributed by atoms with E-state index in [1.807, 2.05) is 36.4 Å². The standard InChI is InChI=1S/C24H27ClN2O3/c1-3-4-5-9-12-30-23-21(25)14-19(15-22(23)29-2)13-20(16-26)24(28)27-17-18-10-7-6-8-11-18/h6-8,10-11,13-15H,3-5,9,12,17H2,1-2H3,(H,27,28)/b20-13+. The van der Waals surface area contributed by atoms with Gasteiger partial charge in [-0.1, -0.05) is 68.1 Å². The SMILES string of the molecule is CCCCCCOc1c(Cl)cc(/C=C(\C#N)C(=O)NCc2ccccc2)cc1OC. The van der Waals surface area contributed by atoms with Gasteiger partial charge in [-0.15, -0.1) is 0 Å². The fraction of sp³-hybridized carbons (Fsp3) is 0.333. The number of nitrogens with zero attached hydrogens (tertiary/aromatic N) is 1. The average Bonchev–Trinajstić information content (AvgIpc) is 2.77. The second-order valence-electron chi connectivity index (χ2n) is 6.78. The first-order chi connectivity index (χ1) is 14.6. The van der Waals surface area contributed by atoms with Crippen LogP contribution >= 0.6 is 11.6 Å². The Morgan fingerprint density at radius 1 is 1.20 bits per heavy atom. The number of ether oxygens (including phenoxy) is 2. The summed E-state index contributed by atoms with van der Waals surface area (Å²) in [6.07, 6.45) is 5.85. The van der Waals surface area contributed by atoms with E-state index >= 15 is 0 Å². The van der Waals surface area contributed by atoms with Crippen molar-refractivity contribution >= 4 is 23.6 Å². The van der Waals surface area contributed by atoms with Gasteiger partial charge in [0.15, 0.2) is 11.5 Å². The van der Waals surface area contributed by atoms with Crippen LogP contribution in [0.25, 0.3) is 6.08 Å². The van der Waals surface area contributed by atoms with Crippen LogP contribution in [0.4, 0.5) is 0 Å². The van der Waals surface area contributed by atoms with Crippen LogP contribution in [-0.2, 0) is 11.3 Å². The molecular weight excluding hydrogens is 400 g/mol. The van der Waals surface area contributed by atoms with E-state index in [1.54, 1.807) is 12.1 Å². The molecule has 0 radical (unpaired) electrons. The van der Waals surface area contributed by atoms with E-state index in [-0.39, 0.29) is 5.57 Å². The number of hydrogen-bond acceptors (Lipinski definition) is 4. The molecule has 158 valence electrons. The molecule has 0 aliphatic rings. The number of halogens is 1. The Bertz CT molecular complexity index is 905. The normalized spacial score (nSPS) is 10.9. The van der Waals surface area contributed by atoms with Crippen LogP contribution in [0, 0.1) is 11.3 Å². The molecule has 0 atom stereocenters. The summed E-state index contributed by atoms with van der Waals surface area (Å²) in [5.41, 5.74) is 1.52. The highest BCUT2D eigenvalue weighted by Crippen LogP contribution is 2.37. The topological polar surface area (TPSA) is 71.3 Å². The maximum Gasteiger partial charge on any atom is 0.262 e. The summed E-state index contributed by atoms with van der Waals surface area (Å²) in [7, 11) is 1.53. The number of carbonyl (C=O) groups is 1. The third-order valence-corrected chi connectivity index (χ3v) is 4.75. The van der Waals surface area contributed by atoms with E-state index in [1.165, 1.54) is 19.6 Å². The zero-order valence-corrected chi connectivity index (χ0v) is 18.2. The molecule has 2 aromatic rings. The van der Waals surface area contributed by atoms with Gasteiger partial charge in [0.25, 0.3) is 5.91 Å². The van der Waals surface area contributed by atoms with Gasteiger partial charge >= 0.3 is 0 Å². The van der Waals surface area contributed by atoms with Crippen molar-refractivity contribution in [2.24, 2.45) is 0 Å². The molecule has 0 saturated carbocycles. The minimum absolute atomic E-state index is 0.0164. The summed E-state index contributed by atoms with van der Waals surface area (Å²) in [5.74, 6) is 0.485. The van der Waals surface area contributed by atoms with Crippen molar-refractivity contribution in [3.8, 4) is 17.6 Å². The van der Waals surface area contributed by atoms with Crippen LogP contribution in [0.1, 0.15) is 43.7 Å². The van der Waals surface area contributed by atoms with Gasteiger partial charge in [-0.3, -0.25) is 4.79 Å². The summed E-state index contributed by atoms with van der Waals surface area (Å²) >= 11 is 6.38. The van der Waals surface area contributed by atoms with E-state index in [0.717, 1.165) is 24.8 Å². The van der Waals surface area contributed by atoms with Crippen molar-refractivity contribution in [1.29, 1.82) is 5.26 Å². The van der Waals surface area contributed by atoms with Crippen molar-refractivity contribution in [3.63, 3.8) is 0 Å². The lowest BCUT2D eigenvalue weighted by Gasteiger charge is -2.13. The van der Waals surface area contributed by atoms with E-state index in [4.69, 9.17) is 21.1 Å². The smallest absolute Gasteiger partial charge is 0.262 e. The molecule has 0 unspecified atom stereocenters. The Labute approximate surface area is 183 Å². The zero-order chi connectivity index (χ0) is 21.8. The first-order valence-electron chi connectivity index (χ1n) is 10.0. The monoisotopic (exact) mass is 426 g/mol. The molecule has 2 rings (SSSR count). The van der Waals surface area contributed by atoms with Crippen LogP contribution in [0.2, 0.25) is 5.02 Å². The Morgan fingerprint density at radius 3 is 2.63 bits per heavy atom. The van der Waals surface area contributed by atoms with Crippen LogP contribution in [0.3, 0.4) is 0 Å². The Hall–Kier alpha value is -2.97. The molecule has 2 aromatic carbocycles. The molecule has 0 aliphatic heterocycles. The van der Waals surface area contributed by atoms with Crippen molar-refractivity contribution in [2.45, 2.75) is 39.2 Å². The van der Waals surface area contributed by atoms with Crippen molar-refractivity contribution in [3.05, 3.63) is 64.2 Å². The van der Waals surface area contributed by atoms with Crippen LogP contribution in [0.15, 0.2) is 48.0 Å². The fourth-order valence-electron chi connectivity index (χ4n) is 2.85. The van der Waals surface area contributed by atoms with Gasteiger partial charge in [-0.2, -0.15) is 5.26 Å². The Balaban J connectivity index is 2.10. The van der Waals surface area contributed by atoms with Crippen molar-refractivity contribution < 1.29 is 14.3 Å². The number of methoxy groups -OCH3 is 1. The molecule has 0 aliphatic carbocycles. The molecule has 0 saturated heterocycles. The molecule has 0 aromatic heterocycles. The third kappa shape index (κ3) is 7.13. The lowest BCUT2D eigenvalue weighted by molar-refractivity contribution is -0.117. The van der Waals surface area contributed by atoms with E-state index in [9.17, 15) is 10.1 Å². The average molecular weight is 427 g/mol. The molecule has 0 spiro atoms. The second kappa shape index (κ2) is 12.6. The van der Waals surface area contributed by atoms with E-state index in [2.05, 4.69) is 12.2 Å². The van der Waals surface area contributed by atoms with Gasteiger partial charge in [0, 0.05) is 6.54 Å². The number of unbranched alkanes of at least 4 members (excludes halogenated alkanes) is 3. The predicted molar refractivity (Wildman–Crippen MR) is 120 cm³/mol. The highest BCUT2D eigenvalue weighted by molar-refractivity contribution is 6.32.